The summed E-state index contributed by atoms with van der Waals surface area (Å²) in [6.45, 7) is 4.46. The van der Waals surface area contributed by atoms with Crippen molar-refractivity contribution in [1.29, 1.82) is 0 Å². The van der Waals surface area contributed by atoms with Crippen LogP contribution >= 0.6 is 0 Å². The molecule has 0 saturated heterocycles. The van der Waals surface area contributed by atoms with Crippen molar-refractivity contribution in [2.75, 3.05) is 0 Å². The molecule has 11 heavy (non-hydrogen) atoms. The summed E-state index contributed by atoms with van der Waals surface area (Å²) in [4.78, 5) is 0. The van der Waals surface area contributed by atoms with Crippen molar-refractivity contribution in [1.82, 2.24) is 0 Å². The van der Waals surface area contributed by atoms with E-state index in [1.165, 1.54) is 25.7 Å². The van der Waals surface area contributed by atoms with Crippen LogP contribution in [0.3, 0.4) is 0 Å². The Morgan fingerprint density at radius 3 is 1.45 bits per heavy atom. The highest BCUT2D eigenvalue weighted by molar-refractivity contribution is 6.33. The zero-order valence-electron chi connectivity index (χ0n) is 8.35. The van der Waals surface area contributed by atoms with Gasteiger partial charge in [0.1, 0.15) is 21.0 Å². The molecule has 0 saturated carbocycles. The summed E-state index contributed by atoms with van der Waals surface area (Å²) >= 11 is 0. The molecule has 0 fully saturated rings. The van der Waals surface area contributed by atoms with Crippen molar-refractivity contribution in [3.8, 4) is 0 Å². The molecule has 0 rings (SSSR count). The van der Waals surface area contributed by atoms with Crippen LogP contribution in [0.4, 0.5) is 0 Å². The van der Waals surface area contributed by atoms with Gasteiger partial charge in [-0.15, -0.1) is 0 Å². The molecular weight excluding hydrogens is 188 g/mol. The van der Waals surface area contributed by atoms with Crippen molar-refractivity contribution in [3.05, 3.63) is 0 Å². The zero-order chi connectivity index (χ0) is 8.95. The fourth-order valence-electron chi connectivity index (χ4n) is 0.618. The third-order valence-electron chi connectivity index (χ3n) is 1.19. The van der Waals surface area contributed by atoms with Gasteiger partial charge in [0.15, 0.2) is 0 Å². The van der Waals surface area contributed by atoms with Gasteiger partial charge in [-0.3, -0.25) is 0 Å². The molecule has 0 bridgehead atoms. The van der Waals surface area contributed by atoms with Crippen molar-refractivity contribution < 1.29 is 8.23 Å². The summed E-state index contributed by atoms with van der Waals surface area (Å²) in [6.07, 6.45) is 5.54. The monoisotopic (exact) mass is 210 g/mol. The van der Waals surface area contributed by atoms with Crippen LogP contribution in [0.1, 0.15) is 39.5 Å². The van der Waals surface area contributed by atoms with Gasteiger partial charge in [0, 0.05) is 0 Å². The first-order chi connectivity index (χ1) is 5.33. The Morgan fingerprint density at radius 1 is 1.00 bits per heavy atom. The lowest BCUT2D eigenvalue weighted by Crippen LogP contribution is -1.96. The van der Waals surface area contributed by atoms with Gasteiger partial charge in [-0.1, -0.05) is 39.5 Å². The van der Waals surface area contributed by atoms with Crippen LogP contribution in [0.2, 0.25) is 0 Å². The van der Waals surface area contributed by atoms with Crippen LogP contribution in [0.5, 0.6) is 0 Å². The Morgan fingerprint density at radius 2 is 1.36 bits per heavy atom. The minimum absolute atomic E-state index is 0.444. The highest BCUT2D eigenvalue weighted by Crippen LogP contribution is 1.95. The van der Waals surface area contributed by atoms with Gasteiger partial charge < -0.3 is 8.23 Å². The van der Waals surface area contributed by atoms with Crippen LogP contribution in [0.25, 0.3) is 0 Å². The van der Waals surface area contributed by atoms with E-state index in [1.54, 1.807) is 0 Å². The van der Waals surface area contributed by atoms with E-state index in [4.69, 9.17) is 8.23 Å². The second-order valence-corrected chi connectivity index (χ2v) is 7.26. The van der Waals surface area contributed by atoms with Crippen molar-refractivity contribution >= 4 is 31.0 Å². The third kappa shape index (κ3) is 25.0. The number of unbranched alkanes of at least 4 members (excludes halogenated alkanes) is 3. The predicted octanol–water partition coefficient (Wildman–Crippen LogP) is -0.834. The number of rotatable bonds is 5. The molecule has 70 valence electrons. The first-order valence-electron chi connectivity index (χ1n) is 4.31. The average molecular weight is 210 g/mol. The van der Waals surface area contributed by atoms with Gasteiger partial charge in [0.25, 0.3) is 10.0 Å². The van der Waals surface area contributed by atoms with Gasteiger partial charge in [-0.05, 0) is 0 Å². The van der Waals surface area contributed by atoms with E-state index in [1.807, 2.05) is 0 Å². The summed E-state index contributed by atoms with van der Waals surface area (Å²) in [5, 5.41) is 0. The molecule has 0 spiro atoms. The van der Waals surface area contributed by atoms with Crippen molar-refractivity contribution in [2.45, 2.75) is 39.5 Å². The molecule has 0 aliphatic rings. The first kappa shape index (κ1) is 14.1. The second-order valence-electron chi connectivity index (χ2n) is 2.40. The Hall–Kier alpha value is 0.571. The lowest BCUT2D eigenvalue weighted by atomic mass is 10.2. The molecule has 0 radical (unpaired) electrons. The quantitative estimate of drug-likeness (QED) is 0.435. The summed E-state index contributed by atoms with van der Waals surface area (Å²) in [5.74, 6) is 0. The minimum Gasteiger partial charge on any atom is -0.449 e. The van der Waals surface area contributed by atoms with Gasteiger partial charge >= 0.3 is 0 Å². The molecule has 0 aromatic rings. The fraction of sp³-hybridized carbons (Fsp3) is 1.00. The lowest BCUT2D eigenvalue weighted by molar-refractivity contribution is 0.513. The van der Waals surface area contributed by atoms with Crippen LogP contribution in [0, 0.1) is 0 Å². The van der Waals surface area contributed by atoms with E-state index >= 15 is 0 Å². The molecule has 0 aliphatic carbocycles. The van der Waals surface area contributed by atoms with Gasteiger partial charge in [0.05, 0.1) is 0 Å². The summed E-state index contributed by atoms with van der Waals surface area (Å²) in [5.41, 5.74) is 0. The Bertz CT molecular complexity index is 49.1. The lowest BCUT2D eigenvalue weighted by Gasteiger charge is -1.87. The first-order valence-corrected chi connectivity index (χ1v) is 7.10. The molecule has 0 amide bonds. The maximum atomic E-state index is 4.78. The molecule has 0 unspecified atom stereocenters. The number of hydrogen-bond acceptors (Lipinski definition) is 2. The maximum Gasteiger partial charge on any atom is 0.282 e. The zero-order valence-corrected chi connectivity index (χ0v) is 13.8. The summed E-state index contributed by atoms with van der Waals surface area (Å²) < 4.78 is 9.56. The molecule has 0 N–H and O–H groups in total. The SMILES string of the molecule is CCCCCC.[SiH3]O[SiH2]O[SiH3]. The minimum atomic E-state index is -0.444. The van der Waals surface area contributed by atoms with Crippen LogP contribution < -0.4 is 0 Å². The van der Waals surface area contributed by atoms with Gasteiger partial charge in [-0.25, -0.2) is 0 Å². The van der Waals surface area contributed by atoms with Gasteiger partial charge in [0.2, 0.25) is 0 Å². The van der Waals surface area contributed by atoms with Crippen LogP contribution in [-0.4, -0.2) is 31.0 Å². The molecule has 0 atom stereocenters. The topological polar surface area (TPSA) is 18.5 Å². The number of hydrogen-bond donors (Lipinski definition) is 0. The molecular formula is C6H22O2Si3. The second kappa shape index (κ2) is 16.9. The Kier molecular flexibility index (Phi) is 21.7. The van der Waals surface area contributed by atoms with E-state index in [2.05, 4.69) is 13.8 Å². The largest absolute Gasteiger partial charge is 0.449 e. The van der Waals surface area contributed by atoms with E-state index in [0.717, 1.165) is 21.0 Å². The summed E-state index contributed by atoms with van der Waals surface area (Å²) in [7, 11) is 1.27. The van der Waals surface area contributed by atoms with Gasteiger partial charge in [-0.2, -0.15) is 0 Å². The van der Waals surface area contributed by atoms with E-state index in [0.29, 0.717) is 0 Å². The highest BCUT2D eigenvalue weighted by Gasteiger charge is 1.75. The van der Waals surface area contributed by atoms with Crippen LogP contribution in [-0.2, 0) is 8.23 Å². The average Bonchev–Trinajstić information content (AvgIpc) is 2.04. The summed E-state index contributed by atoms with van der Waals surface area (Å²) in [6, 6.07) is 0. The predicted molar refractivity (Wildman–Crippen MR) is 60.4 cm³/mol. The maximum absolute atomic E-state index is 4.78. The Balaban J connectivity index is 0. The molecule has 2 nitrogen and oxygen atoms in total. The smallest absolute Gasteiger partial charge is 0.282 e. The van der Waals surface area contributed by atoms with Crippen LogP contribution in [0.15, 0.2) is 0 Å². The third-order valence-corrected chi connectivity index (χ3v) is 3.08. The van der Waals surface area contributed by atoms with Crippen molar-refractivity contribution in [2.24, 2.45) is 0 Å². The highest BCUT2D eigenvalue weighted by atomic mass is 28.3. The molecule has 0 aromatic carbocycles. The normalized spacial score (nSPS) is 10.4. The standard InChI is InChI=1S/C6H14.H8O2Si3/c1-3-5-6-4-2;3-1-5-2-4/h3-6H2,1-2H3;5H2,3-4H3. The fourth-order valence-corrected chi connectivity index (χ4v) is 3.68. The Labute approximate surface area is 79.2 Å². The molecule has 0 aromatic heterocycles. The molecule has 0 aliphatic heterocycles. The molecule has 0 heterocycles. The molecule has 5 heteroatoms. The van der Waals surface area contributed by atoms with E-state index < -0.39 is 10.0 Å². The van der Waals surface area contributed by atoms with E-state index in [-0.39, 0.29) is 0 Å². The van der Waals surface area contributed by atoms with Crippen molar-refractivity contribution in [3.63, 3.8) is 0 Å². The van der Waals surface area contributed by atoms with E-state index in [9.17, 15) is 0 Å².